The lowest BCUT2D eigenvalue weighted by Gasteiger charge is -2.10. The van der Waals surface area contributed by atoms with Crippen LogP contribution in [0.3, 0.4) is 0 Å². The number of rotatable bonds is 5. The van der Waals surface area contributed by atoms with E-state index in [-0.39, 0.29) is 4.90 Å². The van der Waals surface area contributed by atoms with Crippen molar-refractivity contribution in [1.82, 2.24) is 0 Å². The summed E-state index contributed by atoms with van der Waals surface area (Å²) in [6, 6.07) is 6.10. The lowest BCUT2D eigenvalue weighted by atomic mass is 9.96. The van der Waals surface area contributed by atoms with Gasteiger partial charge in [0, 0.05) is 4.88 Å². The lowest BCUT2D eigenvalue weighted by Crippen LogP contribution is -2.18. The molecule has 1 aliphatic rings. The molecule has 140 valence electrons. The maximum Gasteiger partial charge on any atom is 0.262 e. The topological polar surface area (TPSA) is 98.5 Å². The third kappa shape index (κ3) is 3.86. The zero-order valence-corrected chi connectivity index (χ0v) is 16.2. The second-order valence-corrected chi connectivity index (χ2v) is 9.05. The van der Waals surface area contributed by atoms with Crippen LogP contribution in [0, 0.1) is 0 Å². The first-order chi connectivity index (χ1) is 12.4. The summed E-state index contributed by atoms with van der Waals surface area (Å²) in [5.41, 5.74) is 6.82. The average molecular weight is 395 g/mol. The first-order valence-electron chi connectivity index (χ1n) is 8.53. The SMILES string of the molecule is COc1ccc(S(=O)(=O)Nc2sc3c(c2C(N)=O)CCCCCC3)cc1. The highest BCUT2D eigenvalue weighted by Gasteiger charge is 2.26. The molecule has 26 heavy (non-hydrogen) atoms. The van der Waals surface area contributed by atoms with E-state index in [0.717, 1.165) is 49.0 Å². The Bertz CT molecular complexity index is 902. The van der Waals surface area contributed by atoms with Crippen molar-refractivity contribution in [2.45, 2.75) is 43.4 Å². The standard InChI is InChI=1S/C18H22N2O4S2/c1-24-12-8-10-13(11-9-12)26(22,23)20-18-16(17(19)21)14-6-4-2-3-5-7-15(14)25-18/h8-11,20H,2-7H2,1H3,(H2,19,21). The third-order valence-corrected chi connectivity index (χ3v) is 7.22. The van der Waals surface area contributed by atoms with E-state index in [2.05, 4.69) is 4.72 Å². The molecule has 0 radical (unpaired) electrons. The maximum absolute atomic E-state index is 12.7. The summed E-state index contributed by atoms with van der Waals surface area (Å²) >= 11 is 1.33. The molecule has 0 bridgehead atoms. The van der Waals surface area contributed by atoms with Crippen molar-refractivity contribution in [1.29, 1.82) is 0 Å². The number of nitrogens with two attached hydrogens (primary N) is 1. The molecule has 1 aromatic carbocycles. The van der Waals surface area contributed by atoms with Gasteiger partial charge in [0.15, 0.2) is 0 Å². The number of ether oxygens (including phenoxy) is 1. The molecule has 0 unspecified atom stereocenters. The smallest absolute Gasteiger partial charge is 0.262 e. The van der Waals surface area contributed by atoms with Gasteiger partial charge in [0.2, 0.25) is 0 Å². The van der Waals surface area contributed by atoms with Gasteiger partial charge in [-0.2, -0.15) is 0 Å². The molecule has 1 amide bonds. The summed E-state index contributed by atoms with van der Waals surface area (Å²) in [6.45, 7) is 0. The van der Waals surface area contributed by atoms with Gasteiger partial charge in [-0.25, -0.2) is 8.42 Å². The molecule has 0 saturated heterocycles. The molecule has 1 heterocycles. The van der Waals surface area contributed by atoms with Gasteiger partial charge in [-0.3, -0.25) is 9.52 Å². The van der Waals surface area contributed by atoms with Crippen molar-refractivity contribution < 1.29 is 17.9 Å². The summed E-state index contributed by atoms with van der Waals surface area (Å²) in [7, 11) is -2.30. The maximum atomic E-state index is 12.7. The Labute approximate surface area is 157 Å². The van der Waals surface area contributed by atoms with E-state index in [1.807, 2.05) is 0 Å². The normalized spacial score (nSPS) is 14.8. The lowest BCUT2D eigenvalue weighted by molar-refractivity contribution is 0.100. The van der Waals surface area contributed by atoms with Crippen LogP contribution in [0.2, 0.25) is 0 Å². The highest BCUT2D eigenvalue weighted by Crippen LogP contribution is 2.38. The van der Waals surface area contributed by atoms with Crippen LogP contribution in [-0.2, 0) is 22.9 Å². The van der Waals surface area contributed by atoms with E-state index in [1.165, 1.54) is 30.6 Å². The zero-order valence-electron chi connectivity index (χ0n) is 14.6. The quantitative estimate of drug-likeness (QED) is 0.813. The number of methoxy groups -OCH3 is 1. The van der Waals surface area contributed by atoms with E-state index >= 15 is 0 Å². The van der Waals surface area contributed by atoms with Gasteiger partial charge in [-0.15, -0.1) is 11.3 Å². The largest absolute Gasteiger partial charge is 0.497 e. The van der Waals surface area contributed by atoms with Gasteiger partial charge in [0.05, 0.1) is 17.6 Å². The van der Waals surface area contributed by atoms with Gasteiger partial charge < -0.3 is 10.5 Å². The van der Waals surface area contributed by atoms with E-state index in [0.29, 0.717) is 16.3 Å². The Morgan fingerprint density at radius 1 is 1.12 bits per heavy atom. The molecular weight excluding hydrogens is 372 g/mol. The fraction of sp³-hybridized carbons (Fsp3) is 0.389. The van der Waals surface area contributed by atoms with Crippen LogP contribution in [-0.4, -0.2) is 21.4 Å². The molecule has 0 aliphatic heterocycles. The number of fused-ring (bicyclic) bond motifs is 1. The summed E-state index contributed by atoms with van der Waals surface area (Å²) in [4.78, 5) is 13.2. The van der Waals surface area contributed by atoms with E-state index in [4.69, 9.17) is 10.5 Å². The Hall–Kier alpha value is -2.06. The van der Waals surface area contributed by atoms with Gasteiger partial charge in [0.1, 0.15) is 10.8 Å². The number of amides is 1. The molecule has 0 fully saturated rings. The summed E-state index contributed by atoms with van der Waals surface area (Å²) in [6.07, 6.45) is 5.89. The third-order valence-electron chi connectivity index (χ3n) is 4.51. The van der Waals surface area contributed by atoms with E-state index < -0.39 is 15.9 Å². The number of thiophene rings is 1. The highest BCUT2D eigenvalue weighted by atomic mass is 32.2. The molecule has 1 aromatic heterocycles. The number of anilines is 1. The van der Waals surface area contributed by atoms with Crippen LogP contribution < -0.4 is 15.2 Å². The average Bonchev–Trinajstić information content (AvgIpc) is 2.91. The first kappa shape index (κ1) is 18.7. The van der Waals surface area contributed by atoms with Crippen molar-refractivity contribution in [3.8, 4) is 5.75 Å². The molecule has 3 rings (SSSR count). The van der Waals surface area contributed by atoms with E-state index in [9.17, 15) is 13.2 Å². The molecule has 2 aromatic rings. The van der Waals surface area contributed by atoms with Gasteiger partial charge in [-0.1, -0.05) is 12.8 Å². The van der Waals surface area contributed by atoms with Crippen molar-refractivity contribution in [2.24, 2.45) is 5.73 Å². The number of carbonyl (C=O) groups excluding carboxylic acids is 1. The number of nitrogens with one attached hydrogen (secondary N) is 1. The zero-order chi connectivity index (χ0) is 18.7. The van der Waals surface area contributed by atoms with Crippen LogP contribution in [0.4, 0.5) is 5.00 Å². The number of aryl methyl sites for hydroxylation is 1. The Kier molecular flexibility index (Phi) is 5.52. The highest BCUT2D eigenvalue weighted by molar-refractivity contribution is 7.93. The predicted molar refractivity (Wildman–Crippen MR) is 103 cm³/mol. The van der Waals surface area contributed by atoms with E-state index in [1.54, 1.807) is 12.1 Å². The molecule has 8 heteroatoms. The van der Waals surface area contributed by atoms with Crippen LogP contribution >= 0.6 is 11.3 Å². The second-order valence-electron chi connectivity index (χ2n) is 6.27. The predicted octanol–water partition coefficient (Wildman–Crippen LogP) is 3.32. The molecule has 6 nitrogen and oxygen atoms in total. The second kappa shape index (κ2) is 7.67. The molecule has 1 aliphatic carbocycles. The van der Waals surface area contributed by atoms with Crippen LogP contribution in [0.1, 0.15) is 46.5 Å². The number of benzene rings is 1. The van der Waals surface area contributed by atoms with Gasteiger partial charge in [0.25, 0.3) is 15.9 Å². The minimum Gasteiger partial charge on any atom is -0.497 e. The molecule has 3 N–H and O–H groups in total. The molecule has 0 spiro atoms. The summed E-state index contributed by atoms with van der Waals surface area (Å²) < 4.78 is 33.1. The van der Waals surface area contributed by atoms with Crippen molar-refractivity contribution >= 4 is 32.3 Å². The van der Waals surface area contributed by atoms with Crippen LogP contribution in [0.15, 0.2) is 29.2 Å². The number of sulfonamides is 1. The number of primary amides is 1. The van der Waals surface area contributed by atoms with Gasteiger partial charge in [-0.05, 0) is 55.5 Å². The van der Waals surface area contributed by atoms with Crippen LogP contribution in [0.25, 0.3) is 0 Å². The summed E-state index contributed by atoms with van der Waals surface area (Å²) in [5, 5.41) is 0.320. The van der Waals surface area contributed by atoms with Crippen molar-refractivity contribution in [3.63, 3.8) is 0 Å². The first-order valence-corrected chi connectivity index (χ1v) is 10.8. The Balaban J connectivity index is 1.97. The number of carbonyl (C=O) groups is 1. The fourth-order valence-electron chi connectivity index (χ4n) is 3.19. The van der Waals surface area contributed by atoms with Gasteiger partial charge >= 0.3 is 0 Å². The molecular formula is C18H22N2O4S2. The number of hydrogen-bond donors (Lipinski definition) is 2. The van der Waals surface area contributed by atoms with Crippen molar-refractivity contribution in [3.05, 3.63) is 40.3 Å². The minimum atomic E-state index is -3.81. The monoisotopic (exact) mass is 394 g/mol. The number of hydrogen-bond acceptors (Lipinski definition) is 5. The summed E-state index contributed by atoms with van der Waals surface area (Å²) in [5.74, 6) is -0.0173. The Morgan fingerprint density at radius 3 is 2.38 bits per heavy atom. The minimum absolute atomic E-state index is 0.106. The fourth-order valence-corrected chi connectivity index (χ4v) is 5.79. The molecule has 0 atom stereocenters. The van der Waals surface area contributed by atoms with Crippen molar-refractivity contribution in [2.75, 3.05) is 11.8 Å². The molecule has 0 saturated carbocycles. The Morgan fingerprint density at radius 2 is 1.77 bits per heavy atom. The van der Waals surface area contributed by atoms with Crippen LogP contribution in [0.5, 0.6) is 5.75 Å².